The van der Waals surface area contributed by atoms with E-state index in [2.05, 4.69) is 25.8 Å². The number of hydrogen-bond donors (Lipinski definition) is 0. The molecule has 2 heterocycles. The van der Waals surface area contributed by atoms with Gasteiger partial charge >= 0.3 is 6.03 Å². The molecule has 0 aromatic carbocycles. The van der Waals surface area contributed by atoms with E-state index in [1.807, 2.05) is 4.90 Å². The third-order valence-corrected chi connectivity index (χ3v) is 4.24. The van der Waals surface area contributed by atoms with Gasteiger partial charge < -0.3 is 14.5 Å². The first-order chi connectivity index (χ1) is 8.26. The quantitative estimate of drug-likeness (QED) is 0.652. The van der Waals surface area contributed by atoms with E-state index < -0.39 is 0 Å². The van der Waals surface area contributed by atoms with E-state index in [9.17, 15) is 4.79 Å². The van der Waals surface area contributed by atoms with Gasteiger partial charge in [0.25, 0.3) is 0 Å². The average Bonchev–Trinajstić information content (AvgIpc) is 2.49. The molecule has 0 N–H and O–H groups in total. The van der Waals surface area contributed by atoms with Crippen LogP contribution in [0.2, 0.25) is 0 Å². The Morgan fingerprint density at radius 1 is 1.22 bits per heavy atom. The Morgan fingerprint density at radius 2 is 1.78 bits per heavy atom. The number of urea groups is 1. The molecule has 5 nitrogen and oxygen atoms in total. The smallest absolute Gasteiger partial charge is 0.319 e. The van der Waals surface area contributed by atoms with Gasteiger partial charge in [0.15, 0.2) is 0 Å². The van der Waals surface area contributed by atoms with Crippen LogP contribution in [0.25, 0.3) is 0 Å². The van der Waals surface area contributed by atoms with Gasteiger partial charge in [-0.15, -0.1) is 0 Å². The lowest BCUT2D eigenvalue weighted by molar-refractivity contribution is -0.128. The summed E-state index contributed by atoms with van der Waals surface area (Å²) in [7, 11) is 5.71. The molecule has 0 aromatic heterocycles. The maximum absolute atomic E-state index is 11.9. The van der Waals surface area contributed by atoms with E-state index in [1.165, 1.54) is 0 Å². The Bertz CT molecular complexity index is 333. The average molecular weight is 255 g/mol. The largest absolute Gasteiger partial charge is 0.353 e. The van der Waals surface area contributed by atoms with Crippen molar-refractivity contribution in [2.24, 2.45) is 0 Å². The molecule has 0 aromatic rings. The first kappa shape index (κ1) is 13.6. The Labute approximate surface area is 110 Å². The fourth-order valence-corrected chi connectivity index (χ4v) is 2.91. The topological polar surface area (TPSA) is 36.0 Å². The maximum atomic E-state index is 11.9. The molecule has 0 aliphatic carbocycles. The standard InChI is InChI=1S/C13H25N3O2/c1-12(2)15(5)10-13(18-12)6-8-16(9-7-13)11(17)14(3)4/h6-10H2,1-5H3. The summed E-state index contributed by atoms with van der Waals surface area (Å²) in [6, 6.07) is 0.107. The van der Waals surface area contributed by atoms with Gasteiger partial charge in [-0.25, -0.2) is 4.79 Å². The fraction of sp³-hybridized carbons (Fsp3) is 0.923. The molecule has 1 spiro atoms. The summed E-state index contributed by atoms with van der Waals surface area (Å²) in [5.74, 6) is 0. The molecule has 104 valence electrons. The van der Waals surface area contributed by atoms with Crippen LogP contribution >= 0.6 is 0 Å². The van der Waals surface area contributed by atoms with Crippen LogP contribution in [0.3, 0.4) is 0 Å². The van der Waals surface area contributed by atoms with Crippen molar-refractivity contribution in [1.29, 1.82) is 0 Å². The molecule has 0 atom stereocenters. The van der Waals surface area contributed by atoms with Crippen LogP contribution in [-0.4, -0.2) is 72.8 Å². The van der Waals surface area contributed by atoms with Crippen LogP contribution in [-0.2, 0) is 4.74 Å². The molecule has 2 rings (SSSR count). The number of carbonyl (C=O) groups is 1. The highest BCUT2D eigenvalue weighted by molar-refractivity contribution is 5.73. The molecular weight excluding hydrogens is 230 g/mol. The molecule has 0 saturated carbocycles. The molecule has 2 saturated heterocycles. The maximum Gasteiger partial charge on any atom is 0.319 e. The number of carbonyl (C=O) groups excluding carboxylic acids is 1. The van der Waals surface area contributed by atoms with E-state index >= 15 is 0 Å². The van der Waals surface area contributed by atoms with Crippen molar-refractivity contribution >= 4 is 6.03 Å². The second-order valence-electron chi connectivity index (χ2n) is 6.25. The van der Waals surface area contributed by atoms with E-state index in [-0.39, 0.29) is 17.4 Å². The number of hydrogen-bond acceptors (Lipinski definition) is 3. The molecule has 0 radical (unpaired) electrons. The van der Waals surface area contributed by atoms with E-state index in [1.54, 1.807) is 19.0 Å². The minimum absolute atomic E-state index is 0.0542. The molecule has 2 aliphatic rings. The summed E-state index contributed by atoms with van der Waals surface area (Å²) in [5, 5.41) is 0. The monoisotopic (exact) mass is 255 g/mol. The molecular formula is C13H25N3O2. The zero-order chi connectivity index (χ0) is 13.6. The Hall–Kier alpha value is -0.810. The van der Waals surface area contributed by atoms with Gasteiger partial charge in [0.1, 0.15) is 5.72 Å². The summed E-state index contributed by atoms with van der Waals surface area (Å²) in [5.41, 5.74) is -0.241. The Kier molecular flexibility index (Phi) is 3.32. The van der Waals surface area contributed by atoms with Crippen molar-refractivity contribution in [3.05, 3.63) is 0 Å². The second kappa shape index (κ2) is 4.38. The zero-order valence-corrected chi connectivity index (χ0v) is 12.2. The minimum atomic E-state index is -0.187. The number of piperidine rings is 1. The summed E-state index contributed by atoms with van der Waals surface area (Å²) < 4.78 is 6.25. The zero-order valence-electron chi connectivity index (χ0n) is 12.2. The molecule has 2 aliphatic heterocycles. The normalized spacial score (nSPS) is 26.6. The summed E-state index contributed by atoms with van der Waals surface area (Å²) in [6.45, 7) is 6.77. The van der Waals surface area contributed by atoms with Crippen molar-refractivity contribution in [2.45, 2.75) is 38.0 Å². The highest BCUT2D eigenvalue weighted by Gasteiger charge is 2.49. The molecule has 0 unspecified atom stereocenters. The van der Waals surface area contributed by atoms with Gasteiger partial charge in [0, 0.05) is 33.7 Å². The molecule has 2 fully saturated rings. The van der Waals surface area contributed by atoms with Crippen LogP contribution in [0.5, 0.6) is 0 Å². The predicted molar refractivity (Wildman–Crippen MR) is 70.4 cm³/mol. The van der Waals surface area contributed by atoms with Crippen LogP contribution in [0.15, 0.2) is 0 Å². The SMILES string of the molecule is CN(C)C(=O)N1CCC2(CC1)CN(C)C(C)(C)O2. The van der Waals surface area contributed by atoms with Gasteiger partial charge in [-0.1, -0.05) is 0 Å². The van der Waals surface area contributed by atoms with Crippen LogP contribution in [0, 0.1) is 0 Å². The third-order valence-electron chi connectivity index (χ3n) is 4.24. The number of ether oxygens (including phenoxy) is 1. The van der Waals surface area contributed by atoms with E-state index in [0.29, 0.717) is 0 Å². The van der Waals surface area contributed by atoms with Crippen molar-refractivity contribution in [2.75, 3.05) is 40.8 Å². The summed E-state index contributed by atoms with van der Waals surface area (Å²) in [4.78, 5) is 17.7. The van der Waals surface area contributed by atoms with Crippen LogP contribution < -0.4 is 0 Å². The summed E-state index contributed by atoms with van der Waals surface area (Å²) >= 11 is 0. The van der Waals surface area contributed by atoms with Gasteiger partial charge in [-0.05, 0) is 33.7 Å². The van der Waals surface area contributed by atoms with Gasteiger partial charge in [-0.2, -0.15) is 0 Å². The number of amides is 2. The van der Waals surface area contributed by atoms with Gasteiger partial charge in [0.2, 0.25) is 0 Å². The first-order valence-corrected chi connectivity index (χ1v) is 6.63. The van der Waals surface area contributed by atoms with Crippen molar-refractivity contribution in [3.8, 4) is 0 Å². The second-order valence-corrected chi connectivity index (χ2v) is 6.25. The number of rotatable bonds is 0. The lowest BCUT2D eigenvalue weighted by atomic mass is 9.91. The molecule has 2 amide bonds. The minimum Gasteiger partial charge on any atom is -0.353 e. The van der Waals surface area contributed by atoms with E-state index in [4.69, 9.17) is 4.74 Å². The van der Waals surface area contributed by atoms with Gasteiger partial charge in [-0.3, -0.25) is 4.90 Å². The number of likely N-dealkylation sites (tertiary alicyclic amines) is 1. The predicted octanol–water partition coefficient (Wildman–Crippen LogP) is 1.20. The molecule has 5 heteroatoms. The van der Waals surface area contributed by atoms with Crippen LogP contribution in [0.4, 0.5) is 4.79 Å². The summed E-state index contributed by atoms with van der Waals surface area (Å²) in [6.07, 6.45) is 1.86. The van der Waals surface area contributed by atoms with Crippen molar-refractivity contribution < 1.29 is 9.53 Å². The van der Waals surface area contributed by atoms with Crippen molar-refractivity contribution in [3.63, 3.8) is 0 Å². The molecule has 18 heavy (non-hydrogen) atoms. The third kappa shape index (κ3) is 2.34. The van der Waals surface area contributed by atoms with Crippen LogP contribution in [0.1, 0.15) is 26.7 Å². The lowest BCUT2D eigenvalue weighted by Gasteiger charge is -2.39. The Morgan fingerprint density at radius 3 is 2.17 bits per heavy atom. The van der Waals surface area contributed by atoms with Gasteiger partial charge in [0.05, 0.1) is 5.60 Å². The van der Waals surface area contributed by atoms with E-state index in [0.717, 1.165) is 32.5 Å². The number of nitrogens with zero attached hydrogens (tertiary/aromatic N) is 3. The first-order valence-electron chi connectivity index (χ1n) is 6.63. The Balaban J connectivity index is 1.97. The van der Waals surface area contributed by atoms with Crippen molar-refractivity contribution in [1.82, 2.24) is 14.7 Å². The highest BCUT2D eigenvalue weighted by Crippen LogP contribution is 2.39. The molecule has 0 bridgehead atoms. The highest BCUT2D eigenvalue weighted by atomic mass is 16.6. The fourth-order valence-electron chi connectivity index (χ4n) is 2.91. The number of likely N-dealkylation sites (N-methyl/N-ethyl adjacent to an activating group) is 1. The lowest BCUT2D eigenvalue weighted by Crippen LogP contribution is -2.51.